The van der Waals surface area contributed by atoms with Gasteiger partial charge in [0.05, 0.1) is 0 Å². The first kappa shape index (κ1) is 8.25. The highest BCUT2D eigenvalue weighted by molar-refractivity contribution is 5.18. The van der Waals surface area contributed by atoms with E-state index in [0.717, 1.165) is 5.69 Å². The molecule has 11 heavy (non-hydrogen) atoms. The number of rotatable bonds is 2. The summed E-state index contributed by atoms with van der Waals surface area (Å²) < 4.78 is 0. The van der Waals surface area contributed by atoms with E-state index in [1.54, 1.807) is 0 Å². The fourth-order valence-electron chi connectivity index (χ4n) is 1.11. The third kappa shape index (κ3) is 2.04. The normalized spacial score (nSPS) is 13.0. The van der Waals surface area contributed by atoms with Gasteiger partial charge in [0.2, 0.25) is 0 Å². The van der Waals surface area contributed by atoms with Gasteiger partial charge >= 0.3 is 0 Å². The summed E-state index contributed by atoms with van der Waals surface area (Å²) >= 11 is 0. The summed E-state index contributed by atoms with van der Waals surface area (Å²) in [5, 5.41) is 0. The Labute approximate surface area is 68.5 Å². The van der Waals surface area contributed by atoms with Crippen LogP contribution in [0.15, 0.2) is 18.3 Å². The Kier molecular flexibility index (Phi) is 2.64. The van der Waals surface area contributed by atoms with Crippen LogP contribution in [0, 0.1) is 6.92 Å². The van der Waals surface area contributed by atoms with Gasteiger partial charge in [-0.2, -0.15) is 0 Å². The molecule has 0 aliphatic heterocycles. The van der Waals surface area contributed by atoms with E-state index < -0.39 is 0 Å². The fourth-order valence-corrected chi connectivity index (χ4v) is 1.11. The van der Waals surface area contributed by atoms with Crippen LogP contribution in [0.25, 0.3) is 0 Å². The summed E-state index contributed by atoms with van der Waals surface area (Å²) in [4.78, 5) is 4.16. The number of aromatic nitrogens is 1. The lowest BCUT2D eigenvalue weighted by molar-refractivity contribution is 0.731. The van der Waals surface area contributed by atoms with Crippen molar-refractivity contribution >= 4 is 0 Å². The zero-order valence-corrected chi connectivity index (χ0v) is 7.46. The van der Waals surface area contributed by atoms with Gasteiger partial charge in [-0.3, -0.25) is 4.98 Å². The van der Waals surface area contributed by atoms with Crippen molar-refractivity contribution in [1.82, 2.24) is 4.98 Å². The van der Waals surface area contributed by atoms with E-state index in [2.05, 4.69) is 31.0 Å². The molecule has 0 aliphatic carbocycles. The molecule has 0 fully saturated rings. The minimum Gasteiger partial charge on any atom is -0.262 e. The maximum atomic E-state index is 4.16. The lowest BCUT2D eigenvalue weighted by atomic mass is 9.99. The number of aryl methyl sites for hydroxylation is 1. The number of nitrogens with zero attached hydrogens (tertiary/aromatic N) is 1. The summed E-state index contributed by atoms with van der Waals surface area (Å²) in [5.74, 6) is 0.664. The second kappa shape index (κ2) is 3.51. The van der Waals surface area contributed by atoms with Crippen LogP contribution in [-0.4, -0.2) is 4.98 Å². The summed E-state index contributed by atoms with van der Waals surface area (Å²) in [6, 6.07) is 4.26. The molecular formula is C10H15N. The second-order valence-corrected chi connectivity index (χ2v) is 3.04. The van der Waals surface area contributed by atoms with Gasteiger partial charge in [-0.1, -0.05) is 13.8 Å². The molecule has 1 unspecified atom stereocenters. The molecule has 60 valence electrons. The Morgan fingerprint density at radius 1 is 1.55 bits per heavy atom. The largest absolute Gasteiger partial charge is 0.262 e. The van der Waals surface area contributed by atoms with Gasteiger partial charge in [-0.15, -0.1) is 0 Å². The second-order valence-electron chi connectivity index (χ2n) is 3.04. The van der Waals surface area contributed by atoms with Gasteiger partial charge in [-0.25, -0.2) is 0 Å². The van der Waals surface area contributed by atoms with Gasteiger partial charge in [0.15, 0.2) is 0 Å². The molecule has 1 heterocycles. The molecular weight excluding hydrogens is 134 g/mol. The third-order valence-electron chi connectivity index (χ3n) is 2.10. The van der Waals surface area contributed by atoms with Crippen LogP contribution in [0.4, 0.5) is 0 Å². The van der Waals surface area contributed by atoms with Crippen LogP contribution in [0.2, 0.25) is 0 Å². The van der Waals surface area contributed by atoms with Crippen molar-refractivity contribution in [2.75, 3.05) is 0 Å². The smallest absolute Gasteiger partial charge is 0.0375 e. The van der Waals surface area contributed by atoms with E-state index in [1.807, 2.05) is 13.1 Å². The van der Waals surface area contributed by atoms with E-state index >= 15 is 0 Å². The molecule has 1 nitrogen and oxygen atoms in total. The number of pyridine rings is 1. The molecule has 0 radical (unpaired) electrons. The Hall–Kier alpha value is -0.850. The zero-order chi connectivity index (χ0) is 8.27. The fraction of sp³-hybridized carbons (Fsp3) is 0.500. The van der Waals surface area contributed by atoms with Crippen LogP contribution < -0.4 is 0 Å². The number of hydrogen-bond donors (Lipinski definition) is 0. The first-order chi connectivity index (χ1) is 5.24. The molecule has 0 saturated carbocycles. The average Bonchev–Trinajstić information content (AvgIpc) is 2.03. The Bertz CT molecular complexity index is 230. The standard InChI is InChI=1S/C10H15N/c1-4-8(2)10-5-6-11-9(3)7-10/h5-8H,4H2,1-3H3. The minimum absolute atomic E-state index is 0.664. The maximum absolute atomic E-state index is 4.16. The molecule has 0 aliphatic rings. The highest BCUT2D eigenvalue weighted by Gasteiger charge is 2.01. The van der Waals surface area contributed by atoms with Crippen molar-refractivity contribution < 1.29 is 0 Å². The topological polar surface area (TPSA) is 12.9 Å². The summed E-state index contributed by atoms with van der Waals surface area (Å²) in [5.41, 5.74) is 2.52. The molecule has 0 bridgehead atoms. The van der Waals surface area contributed by atoms with Crippen molar-refractivity contribution in [2.24, 2.45) is 0 Å². The monoisotopic (exact) mass is 149 g/mol. The molecule has 0 spiro atoms. The summed E-state index contributed by atoms with van der Waals surface area (Å²) in [7, 11) is 0. The SMILES string of the molecule is CCC(C)c1ccnc(C)c1. The molecule has 1 heteroatoms. The highest BCUT2D eigenvalue weighted by atomic mass is 14.6. The van der Waals surface area contributed by atoms with Crippen LogP contribution >= 0.6 is 0 Å². The summed E-state index contributed by atoms with van der Waals surface area (Å²) in [6.45, 7) is 6.49. The Morgan fingerprint density at radius 2 is 2.27 bits per heavy atom. The lowest BCUT2D eigenvalue weighted by Crippen LogP contribution is -1.92. The summed E-state index contributed by atoms with van der Waals surface area (Å²) in [6.07, 6.45) is 3.08. The molecule has 0 saturated heterocycles. The first-order valence-corrected chi connectivity index (χ1v) is 4.16. The van der Waals surface area contributed by atoms with E-state index in [9.17, 15) is 0 Å². The molecule has 0 N–H and O–H groups in total. The van der Waals surface area contributed by atoms with E-state index in [4.69, 9.17) is 0 Å². The van der Waals surface area contributed by atoms with Crippen LogP contribution in [0.3, 0.4) is 0 Å². The predicted octanol–water partition coefficient (Wildman–Crippen LogP) is 2.90. The molecule has 1 atom stereocenters. The van der Waals surface area contributed by atoms with Gasteiger partial charge in [-0.05, 0) is 37.0 Å². The minimum atomic E-state index is 0.664. The molecule has 1 rings (SSSR count). The number of hydrogen-bond acceptors (Lipinski definition) is 1. The lowest BCUT2D eigenvalue weighted by Gasteiger charge is -2.08. The first-order valence-electron chi connectivity index (χ1n) is 4.16. The van der Waals surface area contributed by atoms with E-state index in [0.29, 0.717) is 5.92 Å². The van der Waals surface area contributed by atoms with Gasteiger partial charge in [0, 0.05) is 11.9 Å². The van der Waals surface area contributed by atoms with Crippen molar-refractivity contribution in [3.05, 3.63) is 29.6 Å². The highest BCUT2D eigenvalue weighted by Crippen LogP contribution is 2.17. The van der Waals surface area contributed by atoms with Crippen LogP contribution in [-0.2, 0) is 0 Å². The van der Waals surface area contributed by atoms with Gasteiger partial charge in [0.25, 0.3) is 0 Å². The van der Waals surface area contributed by atoms with E-state index in [-0.39, 0.29) is 0 Å². The zero-order valence-electron chi connectivity index (χ0n) is 7.46. The Balaban J connectivity index is 2.86. The maximum Gasteiger partial charge on any atom is 0.0375 e. The van der Waals surface area contributed by atoms with Gasteiger partial charge in [0.1, 0.15) is 0 Å². The van der Waals surface area contributed by atoms with Crippen LogP contribution in [0.5, 0.6) is 0 Å². The van der Waals surface area contributed by atoms with Crippen molar-refractivity contribution in [3.63, 3.8) is 0 Å². The molecule has 0 aromatic carbocycles. The van der Waals surface area contributed by atoms with Gasteiger partial charge < -0.3 is 0 Å². The molecule has 1 aromatic rings. The predicted molar refractivity (Wildman–Crippen MR) is 47.7 cm³/mol. The van der Waals surface area contributed by atoms with Crippen LogP contribution in [0.1, 0.15) is 37.4 Å². The van der Waals surface area contributed by atoms with Crippen molar-refractivity contribution in [2.45, 2.75) is 33.1 Å². The van der Waals surface area contributed by atoms with Crippen molar-refractivity contribution in [1.29, 1.82) is 0 Å². The van der Waals surface area contributed by atoms with E-state index in [1.165, 1.54) is 12.0 Å². The quantitative estimate of drug-likeness (QED) is 0.630. The van der Waals surface area contributed by atoms with Crippen molar-refractivity contribution in [3.8, 4) is 0 Å². The molecule has 1 aromatic heterocycles. The average molecular weight is 149 g/mol. The molecule has 0 amide bonds. The third-order valence-corrected chi connectivity index (χ3v) is 2.10. The Morgan fingerprint density at radius 3 is 2.82 bits per heavy atom.